The molecule has 3 aromatic rings. The highest BCUT2D eigenvalue weighted by atomic mass is 35.6. The molecule has 1 fully saturated rings. The molecule has 4 rings (SSSR count). The van der Waals surface area contributed by atoms with E-state index in [-0.39, 0.29) is 17.8 Å². The molecule has 15 heteroatoms. The normalized spacial score (nSPS) is 15.4. The van der Waals surface area contributed by atoms with Crippen LogP contribution in [0.15, 0.2) is 42.5 Å². The van der Waals surface area contributed by atoms with Crippen LogP contribution in [-0.4, -0.2) is 79.9 Å². The molecular weight excluding hydrogens is 657 g/mol. The molecule has 3 amide bonds. The van der Waals surface area contributed by atoms with E-state index < -0.39 is 34.2 Å². The number of hydrogen-bond donors (Lipinski definition) is 3. The summed E-state index contributed by atoms with van der Waals surface area (Å²) >= 11 is 16.8. The van der Waals surface area contributed by atoms with Crippen molar-refractivity contribution in [3.05, 3.63) is 65.0 Å². The van der Waals surface area contributed by atoms with Crippen LogP contribution in [0.5, 0.6) is 0 Å². The number of nitrogens with zero attached hydrogens (tertiary/aromatic N) is 4. The Morgan fingerprint density at radius 2 is 1.74 bits per heavy atom. The van der Waals surface area contributed by atoms with E-state index in [4.69, 9.17) is 60.4 Å². The molecule has 0 saturated carbocycles. The first-order valence-electron chi connectivity index (χ1n) is 14.7. The fraction of sp³-hybridized carbons (Fsp3) is 0.452. The number of ether oxygens (including phenoxy) is 2. The first-order valence-corrected chi connectivity index (χ1v) is 15.8. The first kappa shape index (κ1) is 35.3. The third kappa shape index (κ3) is 7.68. The fourth-order valence-corrected chi connectivity index (χ4v) is 5.48. The number of likely N-dealkylation sites (tertiary alicyclic amines) is 1. The van der Waals surface area contributed by atoms with Crippen molar-refractivity contribution in [1.82, 2.24) is 24.7 Å². The molecular formula is C31H38Cl3N7O5. The molecule has 2 heterocycles. The van der Waals surface area contributed by atoms with Crippen molar-refractivity contribution in [3.63, 3.8) is 0 Å². The highest BCUT2D eigenvalue weighted by Gasteiger charge is 2.46. The van der Waals surface area contributed by atoms with Crippen LogP contribution in [0, 0.1) is 5.41 Å². The number of amides is 3. The molecule has 0 aliphatic carbocycles. The standard InChI is InChI=1S/C31H38Cl3N7O5/c1-18(2)46-29(44)40(5)30(3,27(42)41-14-6-7-15-41)21-12-13-23-22(16-21)37-26(39(23)4)24(35)19-8-10-20(11-9-19)25(36)38-28(43)45-17-31(32,33)34/h8-13,16,18,24H,6-7,14-15,17,35H2,1-5H3,(H2,36,38,43). The fourth-order valence-electron chi connectivity index (χ4n) is 5.32. The molecule has 1 aliphatic heterocycles. The summed E-state index contributed by atoms with van der Waals surface area (Å²) in [5, 5.41) is 10.5. The molecule has 0 spiro atoms. The van der Waals surface area contributed by atoms with E-state index in [2.05, 4.69) is 5.32 Å². The van der Waals surface area contributed by atoms with E-state index >= 15 is 0 Å². The van der Waals surface area contributed by atoms with Crippen LogP contribution >= 0.6 is 34.8 Å². The Morgan fingerprint density at radius 3 is 2.33 bits per heavy atom. The second kappa shape index (κ2) is 14.0. The molecule has 2 atom stereocenters. The molecule has 1 aromatic heterocycles. The summed E-state index contributed by atoms with van der Waals surface area (Å²) in [6.07, 6.45) is -0.0643. The highest BCUT2D eigenvalue weighted by Crippen LogP contribution is 2.34. The van der Waals surface area contributed by atoms with E-state index in [9.17, 15) is 14.4 Å². The first-order chi connectivity index (χ1) is 21.5. The number of halogens is 3. The lowest BCUT2D eigenvalue weighted by Gasteiger charge is -2.40. The van der Waals surface area contributed by atoms with Crippen molar-refractivity contribution in [2.24, 2.45) is 12.8 Å². The Morgan fingerprint density at radius 1 is 1.11 bits per heavy atom. The van der Waals surface area contributed by atoms with Gasteiger partial charge in [0.1, 0.15) is 23.8 Å². The lowest BCUT2D eigenvalue weighted by molar-refractivity contribution is -0.141. The van der Waals surface area contributed by atoms with Crippen LogP contribution in [-0.2, 0) is 26.9 Å². The molecule has 248 valence electrons. The molecule has 0 bridgehead atoms. The van der Waals surface area contributed by atoms with E-state index in [1.807, 2.05) is 29.8 Å². The van der Waals surface area contributed by atoms with Gasteiger partial charge in [-0.1, -0.05) is 65.1 Å². The molecule has 46 heavy (non-hydrogen) atoms. The molecule has 1 aliphatic rings. The predicted octanol–water partition coefficient (Wildman–Crippen LogP) is 5.36. The number of rotatable bonds is 8. The van der Waals surface area contributed by atoms with Crippen LogP contribution < -0.4 is 11.1 Å². The number of nitrogens with two attached hydrogens (primary N) is 1. The van der Waals surface area contributed by atoms with Crippen molar-refractivity contribution < 1.29 is 23.9 Å². The number of alkyl carbamates (subject to hydrolysis) is 1. The van der Waals surface area contributed by atoms with Gasteiger partial charge in [-0.15, -0.1) is 0 Å². The minimum Gasteiger partial charge on any atom is -0.447 e. The van der Waals surface area contributed by atoms with Crippen LogP contribution in [0.4, 0.5) is 9.59 Å². The Balaban J connectivity index is 1.60. The summed E-state index contributed by atoms with van der Waals surface area (Å²) < 4.78 is 10.4. The maximum Gasteiger partial charge on any atom is 0.412 e. The maximum atomic E-state index is 14.0. The van der Waals surface area contributed by atoms with Crippen molar-refractivity contribution in [2.45, 2.75) is 55.1 Å². The number of imidazole rings is 1. The van der Waals surface area contributed by atoms with E-state index in [1.54, 1.807) is 57.0 Å². The van der Waals surface area contributed by atoms with Crippen molar-refractivity contribution in [2.75, 3.05) is 26.7 Å². The number of aromatic nitrogens is 2. The highest BCUT2D eigenvalue weighted by molar-refractivity contribution is 6.67. The topological polar surface area (TPSA) is 156 Å². The Hall–Kier alpha value is -3.58. The summed E-state index contributed by atoms with van der Waals surface area (Å²) in [6, 6.07) is 11.6. The van der Waals surface area contributed by atoms with E-state index in [1.165, 1.54) is 4.90 Å². The number of carbonyl (C=O) groups is 3. The van der Waals surface area contributed by atoms with Crippen molar-refractivity contribution in [1.29, 1.82) is 5.41 Å². The number of hydrogen-bond acceptors (Lipinski definition) is 8. The SMILES string of the molecule is CC(C)OC(=O)N(C)C(C)(C(=O)N1CCCC1)c1ccc2c(c1)nc(C(N)c1ccc(C(=N)NC(=O)OCC(Cl)(Cl)Cl)cc1)n2C. The van der Waals surface area contributed by atoms with Gasteiger partial charge >= 0.3 is 12.2 Å². The molecule has 4 N–H and O–H groups in total. The average Bonchev–Trinajstić information content (AvgIpc) is 3.66. The second-order valence-electron chi connectivity index (χ2n) is 11.6. The van der Waals surface area contributed by atoms with Gasteiger partial charge < -0.3 is 24.7 Å². The van der Waals surface area contributed by atoms with E-state index in [0.29, 0.717) is 41.1 Å². The van der Waals surface area contributed by atoms with Gasteiger partial charge in [-0.25, -0.2) is 14.6 Å². The van der Waals surface area contributed by atoms with Crippen molar-refractivity contribution >= 4 is 69.8 Å². The van der Waals surface area contributed by atoms with Gasteiger partial charge in [0.2, 0.25) is 3.79 Å². The largest absolute Gasteiger partial charge is 0.447 e. The summed E-state index contributed by atoms with van der Waals surface area (Å²) in [6.45, 7) is 6.04. The Bertz CT molecular complexity index is 1620. The Kier molecular flexibility index (Phi) is 10.8. The smallest absolute Gasteiger partial charge is 0.412 e. The monoisotopic (exact) mass is 693 g/mol. The molecule has 0 radical (unpaired) electrons. The average molecular weight is 695 g/mol. The maximum absolute atomic E-state index is 14.0. The summed E-state index contributed by atoms with van der Waals surface area (Å²) in [4.78, 5) is 47.0. The zero-order valence-corrected chi connectivity index (χ0v) is 28.5. The molecule has 12 nitrogen and oxygen atoms in total. The summed E-state index contributed by atoms with van der Waals surface area (Å²) in [7, 11) is 3.43. The quantitative estimate of drug-likeness (QED) is 0.163. The lowest BCUT2D eigenvalue weighted by atomic mass is 9.88. The third-order valence-corrected chi connectivity index (χ3v) is 8.33. The van der Waals surface area contributed by atoms with Gasteiger partial charge in [0, 0.05) is 32.7 Å². The van der Waals surface area contributed by atoms with Gasteiger partial charge in [-0.3, -0.25) is 20.4 Å². The lowest BCUT2D eigenvalue weighted by Crippen LogP contribution is -2.56. The number of aryl methyl sites for hydroxylation is 1. The molecule has 1 saturated heterocycles. The number of carbonyl (C=O) groups excluding carboxylic acids is 3. The minimum absolute atomic E-state index is 0.181. The number of benzene rings is 2. The number of fused-ring (bicyclic) bond motifs is 1. The van der Waals surface area contributed by atoms with Crippen molar-refractivity contribution in [3.8, 4) is 0 Å². The van der Waals surface area contributed by atoms with Gasteiger partial charge in [-0.05, 0) is 56.9 Å². The van der Waals surface area contributed by atoms with Gasteiger partial charge in [-0.2, -0.15) is 0 Å². The molecule has 2 aromatic carbocycles. The number of alkyl halides is 3. The zero-order valence-electron chi connectivity index (χ0n) is 26.3. The molecule has 2 unspecified atom stereocenters. The van der Waals surface area contributed by atoms with Gasteiger partial charge in [0.05, 0.1) is 23.2 Å². The third-order valence-electron chi connectivity index (χ3n) is 8.00. The zero-order chi connectivity index (χ0) is 34.0. The van der Waals surface area contributed by atoms with Crippen LogP contribution in [0.3, 0.4) is 0 Å². The second-order valence-corrected chi connectivity index (χ2v) is 14.1. The Labute approximate surface area is 282 Å². The van der Waals surface area contributed by atoms with Crippen LogP contribution in [0.2, 0.25) is 0 Å². The van der Waals surface area contributed by atoms with Crippen LogP contribution in [0.25, 0.3) is 11.0 Å². The summed E-state index contributed by atoms with van der Waals surface area (Å²) in [5.74, 6) is 0.168. The number of likely N-dealkylation sites (N-methyl/N-ethyl adjacent to an activating group) is 1. The van der Waals surface area contributed by atoms with Crippen LogP contribution in [0.1, 0.15) is 62.2 Å². The number of amidine groups is 1. The minimum atomic E-state index is -1.77. The van der Waals surface area contributed by atoms with E-state index in [0.717, 1.165) is 18.4 Å². The van der Waals surface area contributed by atoms with Gasteiger partial charge in [0.25, 0.3) is 5.91 Å². The number of nitrogens with one attached hydrogen (secondary N) is 2. The summed E-state index contributed by atoms with van der Waals surface area (Å²) in [5.41, 5.74) is 8.42. The van der Waals surface area contributed by atoms with Gasteiger partial charge in [0.15, 0.2) is 0 Å². The predicted molar refractivity (Wildman–Crippen MR) is 177 cm³/mol.